The van der Waals surface area contributed by atoms with Gasteiger partial charge in [0.1, 0.15) is 11.8 Å². The van der Waals surface area contributed by atoms with Crippen LogP contribution in [0.3, 0.4) is 0 Å². The number of carboxylic acids is 1. The lowest BCUT2D eigenvalue weighted by Gasteiger charge is -2.29. The molecule has 1 aliphatic carbocycles. The molecule has 2 aromatic rings. The summed E-state index contributed by atoms with van der Waals surface area (Å²) in [5, 5.41) is 22.0. The number of aliphatic carboxylic acids is 1. The summed E-state index contributed by atoms with van der Waals surface area (Å²) in [5.41, 5.74) is 4.12. The maximum Gasteiger partial charge on any atom is 0.490 e. The number of aromatic nitrogens is 2. The van der Waals surface area contributed by atoms with E-state index in [9.17, 15) is 22.8 Å². The van der Waals surface area contributed by atoms with Crippen molar-refractivity contribution in [2.75, 3.05) is 32.5 Å². The van der Waals surface area contributed by atoms with Crippen LogP contribution in [0, 0.1) is 16.7 Å². The minimum absolute atomic E-state index is 0.0297. The number of rotatable bonds is 8. The number of halogens is 3. The van der Waals surface area contributed by atoms with Crippen molar-refractivity contribution in [2.24, 2.45) is 5.41 Å². The van der Waals surface area contributed by atoms with Crippen LogP contribution in [0.4, 0.5) is 18.9 Å². The molecule has 0 spiro atoms. The highest BCUT2D eigenvalue weighted by molar-refractivity contribution is 6.03. The summed E-state index contributed by atoms with van der Waals surface area (Å²) in [7, 11) is 3.93. The maximum absolute atomic E-state index is 12.7. The minimum atomic E-state index is -5.08. The molecule has 216 valence electrons. The Hall–Kier alpha value is -4.18. The van der Waals surface area contributed by atoms with Gasteiger partial charge in [-0.1, -0.05) is 26.0 Å². The highest BCUT2D eigenvalue weighted by Gasteiger charge is 2.38. The Morgan fingerprint density at radius 1 is 1.25 bits per heavy atom. The lowest BCUT2D eigenvalue weighted by atomic mass is 9.76. The van der Waals surface area contributed by atoms with E-state index in [1.54, 1.807) is 0 Å². The average molecular weight is 563 g/mol. The first-order valence-corrected chi connectivity index (χ1v) is 12.4. The predicted molar refractivity (Wildman–Crippen MR) is 142 cm³/mol. The standard InChI is InChI=1S/C25H32N6O2.C2HF3O2/c1-25(2)9-7-18(8-10-25)20-13-17(14-22(32)27-11-12-31(3)4)5-6-21(20)30-24(33)23-28-16-19(15-26)29-23;3-2(4,5)1(6)7/h5-7,13,16H,8-12,14H2,1-4H3,(H,27,32)(H,28,29)(H,30,33);(H,6,7). The Morgan fingerprint density at radius 2 is 1.93 bits per heavy atom. The zero-order valence-corrected chi connectivity index (χ0v) is 22.8. The van der Waals surface area contributed by atoms with Crippen LogP contribution in [-0.2, 0) is 16.0 Å². The highest BCUT2D eigenvalue weighted by Crippen LogP contribution is 2.40. The minimum Gasteiger partial charge on any atom is -0.475 e. The van der Waals surface area contributed by atoms with Crippen molar-refractivity contribution in [1.82, 2.24) is 20.2 Å². The molecule has 2 amide bonds. The summed E-state index contributed by atoms with van der Waals surface area (Å²) in [5.74, 6) is -3.12. The van der Waals surface area contributed by atoms with Crippen LogP contribution in [-0.4, -0.2) is 71.1 Å². The molecule has 1 aromatic carbocycles. The Bertz CT molecular complexity index is 1290. The number of carbonyl (C=O) groups is 3. The van der Waals surface area contributed by atoms with E-state index >= 15 is 0 Å². The number of hydrogen-bond donors (Lipinski definition) is 4. The van der Waals surface area contributed by atoms with E-state index in [1.807, 2.05) is 43.3 Å². The Morgan fingerprint density at radius 3 is 2.45 bits per heavy atom. The summed E-state index contributed by atoms with van der Waals surface area (Å²) >= 11 is 0. The fraction of sp³-hybridized carbons (Fsp3) is 0.444. The number of likely N-dealkylation sites (N-methyl/N-ethyl adjacent to an activating group) is 1. The molecule has 0 saturated heterocycles. The molecule has 13 heteroatoms. The normalized spacial score (nSPS) is 14.3. The molecule has 0 unspecified atom stereocenters. The van der Waals surface area contributed by atoms with E-state index in [4.69, 9.17) is 15.2 Å². The number of hydrogen-bond acceptors (Lipinski definition) is 6. The van der Waals surface area contributed by atoms with Crippen molar-refractivity contribution in [3.05, 3.63) is 53.1 Å². The number of alkyl halides is 3. The molecule has 3 rings (SSSR count). The molecule has 0 saturated carbocycles. The van der Waals surface area contributed by atoms with Crippen molar-refractivity contribution in [2.45, 2.75) is 45.7 Å². The van der Waals surface area contributed by atoms with E-state index in [1.165, 1.54) is 6.20 Å². The van der Waals surface area contributed by atoms with Crippen LogP contribution in [0.5, 0.6) is 0 Å². The number of amides is 2. The number of nitrogens with one attached hydrogen (secondary N) is 3. The SMILES string of the molecule is CN(C)CCNC(=O)Cc1ccc(NC(=O)c2ncc(C#N)[nH]2)c(C2=CCC(C)(C)CC2)c1.O=C(O)C(F)(F)F. The summed E-state index contributed by atoms with van der Waals surface area (Å²) in [6.07, 6.45) is 1.65. The third-order valence-electron chi connectivity index (χ3n) is 6.05. The first-order chi connectivity index (χ1) is 18.6. The zero-order chi connectivity index (χ0) is 30.1. The molecule has 0 fully saturated rings. The summed E-state index contributed by atoms with van der Waals surface area (Å²) in [4.78, 5) is 42.7. The van der Waals surface area contributed by atoms with Crippen molar-refractivity contribution in [1.29, 1.82) is 5.26 Å². The van der Waals surface area contributed by atoms with Crippen LogP contribution < -0.4 is 10.6 Å². The van der Waals surface area contributed by atoms with Crippen LogP contribution in [0.15, 0.2) is 30.5 Å². The van der Waals surface area contributed by atoms with Crippen LogP contribution in [0.2, 0.25) is 0 Å². The summed E-state index contributed by atoms with van der Waals surface area (Å²) < 4.78 is 31.7. The van der Waals surface area contributed by atoms with Gasteiger partial charge in [-0.25, -0.2) is 9.78 Å². The van der Waals surface area contributed by atoms with E-state index in [-0.39, 0.29) is 29.3 Å². The van der Waals surface area contributed by atoms with E-state index in [0.29, 0.717) is 12.2 Å². The van der Waals surface area contributed by atoms with Gasteiger partial charge in [0.05, 0.1) is 12.6 Å². The molecular formula is C27H33F3N6O4. The highest BCUT2D eigenvalue weighted by atomic mass is 19.4. The third kappa shape index (κ3) is 10.2. The zero-order valence-electron chi connectivity index (χ0n) is 22.8. The van der Waals surface area contributed by atoms with Crippen molar-refractivity contribution < 1.29 is 32.7 Å². The van der Waals surface area contributed by atoms with Crippen molar-refractivity contribution in [3.8, 4) is 6.07 Å². The molecular weight excluding hydrogens is 529 g/mol. The molecule has 10 nitrogen and oxygen atoms in total. The number of nitrogens with zero attached hydrogens (tertiary/aromatic N) is 3. The molecule has 0 aliphatic heterocycles. The number of H-pyrrole nitrogens is 1. The number of anilines is 1. The number of carboxylic acid groups (broad SMARTS) is 1. The molecule has 1 aromatic heterocycles. The van der Waals surface area contributed by atoms with Crippen LogP contribution in [0.1, 0.15) is 60.5 Å². The number of imidazole rings is 1. The number of aromatic amines is 1. The largest absolute Gasteiger partial charge is 0.490 e. The maximum atomic E-state index is 12.7. The lowest BCUT2D eigenvalue weighted by molar-refractivity contribution is -0.192. The first-order valence-electron chi connectivity index (χ1n) is 12.4. The summed E-state index contributed by atoms with van der Waals surface area (Å²) in [6.45, 7) is 5.88. The fourth-order valence-electron chi connectivity index (χ4n) is 3.74. The van der Waals surface area contributed by atoms with Crippen molar-refractivity contribution >= 4 is 29.0 Å². The lowest BCUT2D eigenvalue weighted by Crippen LogP contribution is -2.32. The van der Waals surface area contributed by atoms with Crippen LogP contribution >= 0.6 is 0 Å². The van der Waals surface area contributed by atoms with E-state index in [2.05, 4.69) is 40.5 Å². The van der Waals surface area contributed by atoms with Gasteiger partial charge in [-0.2, -0.15) is 18.4 Å². The Kier molecular flexibility index (Phi) is 11.0. The molecule has 0 atom stereocenters. The number of nitriles is 1. The average Bonchev–Trinajstić information content (AvgIpc) is 3.34. The van der Waals surface area contributed by atoms with E-state index < -0.39 is 18.1 Å². The number of benzene rings is 1. The second-order valence-electron chi connectivity index (χ2n) is 10.3. The fourth-order valence-corrected chi connectivity index (χ4v) is 3.74. The predicted octanol–water partition coefficient (Wildman–Crippen LogP) is 3.98. The van der Waals surface area contributed by atoms with Gasteiger partial charge in [0, 0.05) is 24.3 Å². The van der Waals surface area contributed by atoms with Gasteiger partial charge in [-0.05, 0) is 62.0 Å². The van der Waals surface area contributed by atoms with Gasteiger partial charge < -0.3 is 25.6 Å². The van der Waals surface area contributed by atoms with Crippen molar-refractivity contribution in [3.63, 3.8) is 0 Å². The Balaban J connectivity index is 0.000000708. The number of carbonyl (C=O) groups excluding carboxylic acids is 2. The molecule has 0 bridgehead atoms. The van der Waals surface area contributed by atoms with Gasteiger partial charge in [0.25, 0.3) is 5.91 Å². The molecule has 1 aliphatic rings. The second-order valence-corrected chi connectivity index (χ2v) is 10.3. The van der Waals surface area contributed by atoms with Gasteiger partial charge in [0.15, 0.2) is 5.82 Å². The Labute approximate surface area is 230 Å². The second kappa shape index (κ2) is 13.7. The third-order valence-corrected chi connectivity index (χ3v) is 6.05. The topological polar surface area (TPSA) is 151 Å². The van der Waals surface area contributed by atoms with Gasteiger partial charge in [0.2, 0.25) is 5.91 Å². The van der Waals surface area contributed by atoms with Gasteiger partial charge in [-0.15, -0.1) is 0 Å². The quantitative estimate of drug-likeness (QED) is 0.380. The monoisotopic (exact) mass is 562 g/mol. The molecule has 40 heavy (non-hydrogen) atoms. The molecule has 1 heterocycles. The van der Waals surface area contributed by atoms with Gasteiger partial charge >= 0.3 is 12.1 Å². The smallest absolute Gasteiger partial charge is 0.475 e. The van der Waals surface area contributed by atoms with E-state index in [0.717, 1.165) is 42.5 Å². The number of allylic oxidation sites excluding steroid dienone is 2. The molecule has 4 N–H and O–H groups in total. The van der Waals surface area contributed by atoms with Gasteiger partial charge in [-0.3, -0.25) is 9.59 Å². The van der Waals surface area contributed by atoms with Crippen LogP contribution in [0.25, 0.3) is 5.57 Å². The molecule has 0 radical (unpaired) electrons. The first kappa shape index (κ1) is 32.0. The summed E-state index contributed by atoms with van der Waals surface area (Å²) in [6, 6.07) is 7.63.